The molecule has 0 unspecified atom stereocenters. The molecule has 0 heterocycles. The number of hydrogen-bond donors (Lipinski definition) is 1. The maximum absolute atomic E-state index is 12.1. The van der Waals surface area contributed by atoms with Crippen molar-refractivity contribution in [1.29, 1.82) is 0 Å². The number of anilines is 1. The van der Waals surface area contributed by atoms with Crippen molar-refractivity contribution in [2.75, 3.05) is 19.3 Å². The van der Waals surface area contributed by atoms with Gasteiger partial charge >= 0.3 is 6.18 Å². The van der Waals surface area contributed by atoms with E-state index in [1.54, 1.807) is 12.1 Å². The summed E-state index contributed by atoms with van der Waals surface area (Å²) >= 11 is 0. The normalized spacial score (nSPS) is 12.9. The Bertz CT molecular complexity index is 514. The summed E-state index contributed by atoms with van der Waals surface area (Å²) in [7, 11) is -3.11. The Labute approximate surface area is 103 Å². The third-order valence-corrected chi connectivity index (χ3v) is 3.95. The van der Waals surface area contributed by atoms with Gasteiger partial charge in [0, 0.05) is 12.7 Å². The smallest absolute Gasteiger partial charge is 0.399 e. The fourth-order valence-electron chi connectivity index (χ4n) is 1.35. The third kappa shape index (κ3) is 4.53. The summed E-state index contributed by atoms with van der Waals surface area (Å²) in [5, 5.41) is 0. The van der Waals surface area contributed by atoms with Gasteiger partial charge in [-0.1, -0.05) is 12.1 Å². The summed E-state index contributed by atoms with van der Waals surface area (Å²) in [5.74, 6) is -0.509. The lowest BCUT2D eigenvalue weighted by molar-refractivity contribution is -0.134. The molecule has 0 aromatic heterocycles. The minimum absolute atomic E-state index is 0.288. The molecule has 0 aliphatic rings. The van der Waals surface area contributed by atoms with Gasteiger partial charge in [0.1, 0.15) is 6.54 Å². The molecular weight excluding hydrogens is 269 g/mol. The van der Waals surface area contributed by atoms with Crippen LogP contribution in [0.2, 0.25) is 0 Å². The fraction of sp³-hybridized carbons (Fsp3) is 0.400. The number of alkyl halides is 3. The van der Waals surface area contributed by atoms with Crippen molar-refractivity contribution < 1.29 is 21.6 Å². The van der Waals surface area contributed by atoms with Crippen molar-refractivity contribution in [2.24, 2.45) is 0 Å². The van der Waals surface area contributed by atoms with E-state index in [0.29, 0.717) is 11.3 Å². The molecule has 0 saturated carbocycles. The first-order valence-electron chi connectivity index (χ1n) is 4.95. The number of nitrogens with zero attached hydrogens (tertiary/aromatic N) is 1. The predicted octanol–water partition coefficient (Wildman–Crippen LogP) is 1.59. The highest BCUT2D eigenvalue weighted by molar-refractivity contribution is 7.88. The van der Waals surface area contributed by atoms with E-state index in [2.05, 4.69) is 0 Å². The van der Waals surface area contributed by atoms with E-state index in [1.807, 2.05) is 0 Å². The Balaban J connectivity index is 2.82. The van der Waals surface area contributed by atoms with Crippen LogP contribution in [-0.4, -0.2) is 32.5 Å². The highest BCUT2D eigenvalue weighted by Crippen LogP contribution is 2.19. The maximum atomic E-state index is 12.1. The first-order valence-corrected chi connectivity index (χ1v) is 6.56. The summed E-state index contributed by atoms with van der Waals surface area (Å²) in [6.45, 7) is -1.50. The van der Waals surface area contributed by atoms with Crippen LogP contribution in [0.15, 0.2) is 24.3 Å². The lowest BCUT2D eigenvalue weighted by Crippen LogP contribution is -2.36. The van der Waals surface area contributed by atoms with E-state index < -0.39 is 28.5 Å². The van der Waals surface area contributed by atoms with Gasteiger partial charge in [-0.15, -0.1) is 0 Å². The van der Waals surface area contributed by atoms with Crippen LogP contribution < -0.4 is 5.73 Å². The van der Waals surface area contributed by atoms with E-state index in [4.69, 9.17) is 5.73 Å². The number of rotatable bonds is 4. The summed E-state index contributed by atoms with van der Waals surface area (Å²) in [5.41, 5.74) is 6.18. The van der Waals surface area contributed by atoms with Gasteiger partial charge in [0.2, 0.25) is 10.0 Å². The molecule has 0 spiro atoms. The Morgan fingerprint density at radius 3 is 2.44 bits per heavy atom. The summed E-state index contributed by atoms with van der Waals surface area (Å²) < 4.78 is 60.0. The third-order valence-electron chi connectivity index (χ3n) is 2.18. The maximum Gasteiger partial charge on any atom is 0.402 e. The number of benzene rings is 1. The van der Waals surface area contributed by atoms with Gasteiger partial charge in [-0.05, 0) is 17.7 Å². The van der Waals surface area contributed by atoms with E-state index >= 15 is 0 Å². The molecule has 1 aromatic carbocycles. The minimum atomic E-state index is -4.56. The first kappa shape index (κ1) is 14.8. The summed E-state index contributed by atoms with van der Waals surface area (Å²) in [6, 6.07) is 6.02. The second kappa shape index (κ2) is 5.15. The van der Waals surface area contributed by atoms with Crippen LogP contribution in [0, 0.1) is 0 Å². The van der Waals surface area contributed by atoms with E-state index in [9.17, 15) is 21.6 Å². The standard InChI is InChI=1S/C10H13F3N2O2S/c1-15(7-10(11,12)13)18(16,17)6-8-3-2-4-9(14)5-8/h2-5H,6-7,14H2,1H3. The molecule has 0 amide bonds. The largest absolute Gasteiger partial charge is 0.402 e. The molecule has 0 bridgehead atoms. The van der Waals surface area contributed by atoms with Gasteiger partial charge in [0.15, 0.2) is 0 Å². The van der Waals surface area contributed by atoms with Crippen molar-refractivity contribution in [3.63, 3.8) is 0 Å². The van der Waals surface area contributed by atoms with Gasteiger partial charge < -0.3 is 5.73 Å². The molecule has 0 fully saturated rings. The predicted molar refractivity (Wildman–Crippen MR) is 62.2 cm³/mol. The molecule has 0 aliphatic heterocycles. The number of hydrogen-bond acceptors (Lipinski definition) is 3. The molecule has 0 saturated heterocycles. The van der Waals surface area contributed by atoms with Crippen molar-refractivity contribution >= 4 is 15.7 Å². The van der Waals surface area contributed by atoms with Crippen LogP contribution >= 0.6 is 0 Å². The second-order valence-electron chi connectivity index (χ2n) is 3.87. The number of sulfonamides is 1. The Kier molecular flexibility index (Phi) is 4.23. The fourth-order valence-corrected chi connectivity index (χ4v) is 2.52. The monoisotopic (exact) mass is 282 g/mol. The molecule has 102 valence electrons. The van der Waals surface area contributed by atoms with Gasteiger partial charge in [0.25, 0.3) is 0 Å². The lowest BCUT2D eigenvalue weighted by Gasteiger charge is -2.18. The summed E-state index contributed by atoms with van der Waals surface area (Å²) in [4.78, 5) is 0. The first-order chi connectivity index (χ1) is 8.10. The lowest BCUT2D eigenvalue weighted by atomic mass is 10.2. The van der Waals surface area contributed by atoms with Crippen molar-refractivity contribution in [2.45, 2.75) is 11.9 Å². The van der Waals surface area contributed by atoms with E-state index in [0.717, 1.165) is 7.05 Å². The van der Waals surface area contributed by atoms with Gasteiger partial charge in [-0.3, -0.25) is 0 Å². The molecule has 1 aromatic rings. The SMILES string of the molecule is CN(CC(F)(F)F)S(=O)(=O)Cc1cccc(N)c1. The van der Waals surface area contributed by atoms with Gasteiger partial charge in [-0.2, -0.15) is 17.5 Å². The zero-order valence-electron chi connectivity index (χ0n) is 9.61. The van der Waals surface area contributed by atoms with Gasteiger partial charge in [-0.25, -0.2) is 8.42 Å². The molecule has 2 N–H and O–H groups in total. The summed E-state index contributed by atoms with van der Waals surface area (Å²) in [6.07, 6.45) is -4.56. The molecule has 0 radical (unpaired) electrons. The van der Waals surface area contributed by atoms with Crippen molar-refractivity contribution in [3.05, 3.63) is 29.8 Å². The van der Waals surface area contributed by atoms with Crippen LogP contribution in [0.3, 0.4) is 0 Å². The van der Waals surface area contributed by atoms with Crippen LogP contribution in [-0.2, 0) is 15.8 Å². The topological polar surface area (TPSA) is 63.4 Å². The van der Waals surface area contributed by atoms with Gasteiger partial charge in [0.05, 0.1) is 5.75 Å². The molecule has 4 nitrogen and oxygen atoms in total. The molecular formula is C10H13F3N2O2S. The second-order valence-corrected chi connectivity index (χ2v) is 5.95. The average Bonchev–Trinajstić information content (AvgIpc) is 2.13. The molecule has 8 heteroatoms. The molecule has 0 aliphatic carbocycles. The number of halogens is 3. The highest BCUT2D eigenvalue weighted by Gasteiger charge is 2.34. The van der Waals surface area contributed by atoms with Crippen molar-refractivity contribution in [3.8, 4) is 0 Å². The van der Waals surface area contributed by atoms with Crippen LogP contribution in [0.25, 0.3) is 0 Å². The van der Waals surface area contributed by atoms with Crippen LogP contribution in [0.4, 0.5) is 18.9 Å². The quantitative estimate of drug-likeness (QED) is 0.853. The molecule has 0 atom stereocenters. The van der Waals surface area contributed by atoms with Crippen LogP contribution in [0.5, 0.6) is 0 Å². The Hall–Kier alpha value is -1.28. The molecule has 1 rings (SSSR count). The zero-order valence-corrected chi connectivity index (χ0v) is 10.4. The van der Waals surface area contributed by atoms with Crippen molar-refractivity contribution in [1.82, 2.24) is 4.31 Å². The minimum Gasteiger partial charge on any atom is -0.399 e. The zero-order chi connectivity index (χ0) is 14.0. The van der Waals surface area contributed by atoms with Crippen LogP contribution in [0.1, 0.15) is 5.56 Å². The Morgan fingerprint density at radius 1 is 1.33 bits per heavy atom. The number of nitrogens with two attached hydrogens (primary N) is 1. The average molecular weight is 282 g/mol. The van der Waals surface area contributed by atoms with E-state index in [1.165, 1.54) is 12.1 Å². The number of nitrogen functional groups attached to an aromatic ring is 1. The highest BCUT2D eigenvalue weighted by atomic mass is 32.2. The van der Waals surface area contributed by atoms with E-state index in [-0.39, 0.29) is 4.31 Å². The Morgan fingerprint density at radius 2 is 1.94 bits per heavy atom. The molecule has 18 heavy (non-hydrogen) atoms.